The lowest BCUT2D eigenvalue weighted by atomic mass is 9.95. The third kappa shape index (κ3) is 3.32. The first kappa shape index (κ1) is 16.3. The van der Waals surface area contributed by atoms with Gasteiger partial charge in [-0.25, -0.2) is 13.9 Å². The number of aromatic nitrogens is 2. The molecule has 25 heavy (non-hydrogen) atoms. The average molecular weight is 342 g/mol. The van der Waals surface area contributed by atoms with Crippen LogP contribution < -0.4 is 0 Å². The highest BCUT2D eigenvalue weighted by atomic mass is 19.1. The van der Waals surface area contributed by atoms with Crippen molar-refractivity contribution < 1.29 is 13.9 Å². The molecular weight excluding hydrogens is 319 g/mol. The summed E-state index contributed by atoms with van der Waals surface area (Å²) in [6.07, 6.45) is 9.28. The van der Waals surface area contributed by atoms with E-state index in [1.54, 1.807) is 16.8 Å². The molecular formula is C20H23FN2O2. The zero-order chi connectivity index (χ0) is 17.2. The van der Waals surface area contributed by atoms with Gasteiger partial charge in [0.25, 0.3) is 0 Å². The number of benzene rings is 1. The Morgan fingerprint density at radius 2 is 1.76 bits per heavy atom. The number of hydrogen-bond acceptors (Lipinski definition) is 3. The fourth-order valence-electron chi connectivity index (χ4n) is 3.95. The quantitative estimate of drug-likeness (QED) is 0.778. The van der Waals surface area contributed by atoms with Crippen LogP contribution in [0.15, 0.2) is 24.3 Å². The van der Waals surface area contributed by atoms with Crippen molar-refractivity contribution in [3.05, 3.63) is 47.0 Å². The van der Waals surface area contributed by atoms with Gasteiger partial charge in [0.2, 0.25) is 0 Å². The van der Waals surface area contributed by atoms with Gasteiger partial charge in [0.15, 0.2) is 5.69 Å². The van der Waals surface area contributed by atoms with E-state index in [4.69, 9.17) is 4.74 Å². The van der Waals surface area contributed by atoms with E-state index in [1.165, 1.54) is 18.6 Å². The van der Waals surface area contributed by atoms with E-state index in [0.29, 0.717) is 5.69 Å². The van der Waals surface area contributed by atoms with Gasteiger partial charge >= 0.3 is 5.97 Å². The first-order valence-electron chi connectivity index (χ1n) is 9.30. The van der Waals surface area contributed by atoms with Crippen LogP contribution in [0, 0.1) is 5.82 Å². The maximum atomic E-state index is 13.2. The number of ether oxygens (including phenoxy) is 1. The van der Waals surface area contributed by atoms with Gasteiger partial charge in [-0.05, 0) is 75.6 Å². The fourth-order valence-corrected chi connectivity index (χ4v) is 3.95. The Hall–Kier alpha value is -2.17. The van der Waals surface area contributed by atoms with E-state index < -0.39 is 0 Å². The Labute approximate surface area is 147 Å². The standard InChI is InChI=1S/C20H23FN2O2/c21-14-10-12-15(13-11-14)23-18-9-5-4-8-17(18)19(22-23)20(24)25-16-6-2-1-3-7-16/h10-13,16H,1-9H2. The minimum absolute atomic E-state index is 0.0245. The summed E-state index contributed by atoms with van der Waals surface area (Å²) in [7, 11) is 0. The lowest BCUT2D eigenvalue weighted by Crippen LogP contribution is -2.22. The molecule has 5 heteroatoms. The van der Waals surface area contributed by atoms with Gasteiger partial charge in [-0.1, -0.05) is 6.42 Å². The maximum Gasteiger partial charge on any atom is 0.359 e. The summed E-state index contributed by atoms with van der Waals surface area (Å²) in [5.41, 5.74) is 3.31. The third-order valence-electron chi connectivity index (χ3n) is 5.27. The van der Waals surface area contributed by atoms with Gasteiger partial charge in [0, 0.05) is 11.3 Å². The Kier molecular flexibility index (Phi) is 4.55. The largest absolute Gasteiger partial charge is 0.458 e. The SMILES string of the molecule is O=C(OC1CCCCC1)c1nn(-c2ccc(F)cc2)c2c1CCCC2. The monoisotopic (exact) mass is 342 g/mol. The van der Waals surface area contributed by atoms with E-state index in [0.717, 1.165) is 68.3 Å². The van der Waals surface area contributed by atoms with E-state index in [1.807, 2.05) is 0 Å². The first-order chi connectivity index (χ1) is 12.2. The number of rotatable bonds is 3. The summed E-state index contributed by atoms with van der Waals surface area (Å²) in [6.45, 7) is 0. The number of fused-ring (bicyclic) bond motifs is 1. The van der Waals surface area contributed by atoms with Crippen LogP contribution in [0.5, 0.6) is 0 Å². The Balaban J connectivity index is 1.65. The molecule has 2 aromatic rings. The Morgan fingerprint density at radius 3 is 2.52 bits per heavy atom. The van der Waals surface area contributed by atoms with Crippen LogP contribution in [0.3, 0.4) is 0 Å². The van der Waals surface area contributed by atoms with Crippen molar-refractivity contribution in [1.29, 1.82) is 0 Å². The van der Waals surface area contributed by atoms with Crippen molar-refractivity contribution in [1.82, 2.24) is 9.78 Å². The summed E-state index contributed by atoms with van der Waals surface area (Å²) in [5, 5.41) is 4.58. The lowest BCUT2D eigenvalue weighted by Gasteiger charge is -2.21. The normalized spacial score (nSPS) is 18.0. The molecule has 0 saturated heterocycles. The molecule has 132 valence electrons. The molecule has 0 spiro atoms. The van der Waals surface area contributed by atoms with E-state index >= 15 is 0 Å². The highest BCUT2D eigenvalue weighted by Gasteiger charge is 2.28. The van der Waals surface area contributed by atoms with Crippen molar-refractivity contribution in [3.8, 4) is 5.69 Å². The van der Waals surface area contributed by atoms with Crippen LogP contribution in [0.25, 0.3) is 5.69 Å². The van der Waals surface area contributed by atoms with Crippen LogP contribution in [-0.4, -0.2) is 21.9 Å². The van der Waals surface area contributed by atoms with E-state index in [9.17, 15) is 9.18 Å². The van der Waals surface area contributed by atoms with Crippen molar-refractivity contribution in [2.24, 2.45) is 0 Å². The molecule has 1 aromatic heterocycles. The lowest BCUT2D eigenvalue weighted by molar-refractivity contribution is 0.0202. The van der Waals surface area contributed by atoms with Crippen LogP contribution >= 0.6 is 0 Å². The molecule has 1 saturated carbocycles. The predicted molar refractivity (Wildman–Crippen MR) is 92.5 cm³/mol. The minimum atomic E-state index is -0.300. The van der Waals surface area contributed by atoms with Gasteiger partial charge in [-0.15, -0.1) is 0 Å². The van der Waals surface area contributed by atoms with Crippen LogP contribution in [0.1, 0.15) is 66.7 Å². The Morgan fingerprint density at radius 1 is 1.04 bits per heavy atom. The molecule has 1 heterocycles. The zero-order valence-electron chi connectivity index (χ0n) is 14.3. The number of carbonyl (C=O) groups is 1. The molecule has 4 nitrogen and oxygen atoms in total. The summed E-state index contributed by atoms with van der Waals surface area (Å²) < 4.78 is 20.8. The van der Waals surface area contributed by atoms with Gasteiger partial charge < -0.3 is 4.74 Å². The topological polar surface area (TPSA) is 44.1 Å². The van der Waals surface area contributed by atoms with Crippen molar-refractivity contribution >= 4 is 5.97 Å². The number of hydrogen-bond donors (Lipinski definition) is 0. The number of halogens is 1. The second-order valence-electron chi connectivity index (χ2n) is 7.03. The summed E-state index contributed by atoms with van der Waals surface area (Å²) in [5.74, 6) is -0.576. The number of esters is 1. The molecule has 0 radical (unpaired) electrons. The molecule has 1 fully saturated rings. The summed E-state index contributed by atoms with van der Waals surface area (Å²) >= 11 is 0. The molecule has 0 atom stereocenters. The predicted octanol–water partition coefficient (Wildman–Crippen LogP) is 4.38. The van der Waals surface area contributed by atoms with Gasteiger partial charge in [-0.3, -0.25) is 0 Å². The molecule has 0 unspecified atom stereocenters. The van der Waals surface area contributed by atoms with Crippen LogP contribution in [0.4, 0.5) is 4.39 Å². The van der Waals surface area contributed by atoms with Gasteiger partial charge in [-0.2, -0.15) is 5.10 Å². The molecule has 0 N–H and O–H groups in total. The van der Waals surface area contributed by atoms with Gasteiger partial charge in [0.05, 0.1) is 5.69 Å². The van der Waals surface area contributed by atoms with E-state index in [2.05, 4.69) is 5.10 Å². The molecule has 0 aliphatic heterocycles. The van der Waals surface area contributed by atoms with Crippen molar-refractivity contribution in [2.45, 2.75) is 63.9 Å². The second-order valence-corrected chi connectivity index (χ2v) is 7.03. The van der Waals surface area contributed by atoms with Gasteiger partial charge in [0.1, 0.15) is 11.9 Å². The average Bonchev–Trinajstić information content (AvgIpc) is 3.03. The molecule has 0 amide bonds. The molecule has 4 rings (SSSR count). The summed E-state index contributed by atoms with van der Waals surface area (Å²) in [4.78, 5) is 12.7. The maximum absolute atomic E-state index is 13.2. The number of carbonyl (C=O) groups excluding carboxylic acids is 1. The summed E-state index contributed by atoms with van der Waals surface area (Å²) in [6, 6.07) is 6.25. The number of nitrogens with zero attached hydrogens (tertiary/aromatic N) is 2. The van der Waals surface area contributed by atoms with Crippen LogP contribution in [0.2, 0.25) is 0 Å². The van der Waals surface area contributed by atoms with Crippen molar-refractivity contribution in [2.75, 3.05) is 0 Å². The third-order valence-corrected chi connectivity index (χ3v) is 5.27. The smallest absolute Gasteiger partial charge is 0.359 e. The molecule has 1 aromatic carbocycles. The molecule has 2 aliphatic rings. The first-order valence-corrected chi connectivity index (χ1v) is 9.30. The molecule has 0 bridgehead atoms. The second kappa shape index (κ2) is 6.98. The Bertz CT molecular complexity index is 761. The van der Waals surface area contributed by atoms with Crippen molar-refractivity contribution in [3.63, 3.8) is 0 Å². The van der Waals surface area contributed by atoms with E-state index in [-0.39, 0.29) is 17.9 Å². The molecule has 2 aliphatic carbocycles. The highest BCUT2D eigenvalue weighted by molar-refractivity contribution is 5.89. The minimum Gasteiger partial charge on any atom is -0.458 e. The van der Waals surface area contributed by atoms with Crippen LogP contribution in [-0.2, 0) is 17.6 Å². The zero-order valence-corrected chi connectivity index (χ0v) is 14.3. The highest BCUT2D eigenvalue weighted by Crippen LogP contribution is 2.29. The fraction of sp³-hybridized carbons (Fsp3) is 0.500.